The maximum atomic E-state index is 13.0. The quantitative estimate of drug-likeness (QED) is 0.104. The zero-order valence-corrected chi connectivity index (χ0v) is 29.7. The highest BCUT2D eigenvalue weighted by Gasteiger charge is 2.41. The predicted octanol–water partition coefficient (Wildman–Crippen LogP) is 1.86. The van der Waals surface area contributed by atoms with Crippen molar-refractivity contribution in [1.29, 1.82) is 0 Å². The number of carbonyl (C=O) groups excluding carboxylic acids is 6. The smallest absolute Gasteiger partial charge is 0.325 e. The fourth-order valence-electron chi connectivity index (χ4n) is 5.32. The molecule has 1 heterocycles. The van der Waals surface area contributed by atoms with Gasteiger partial charge in [-0.05, 0) is 23.3 Å². The second-order valence-corrected chi connectivity index (χ2v) is 12.5. The normalized spacial score (nSPS) is 14.6. The lowest BCUT2D eigenvalue weighted by molar-refractivity contribution is -0.251. The van der Waals surface area contributed by atoms with Crippen molar-refractivity contribution in [3.8, 4) is 0 Å². The molecule has 4 rings (SSSR count). The molecule has 0 saturated carbocycles. The van der Waals surface area contributed by atoms with E-state index in [1.807, 2.05) is 42.5 Å². The number of nitrogens with one attached hydrogen (secondary N) is 4. The van der Waals surface area contributed by atoms with E-state index < -0.39 is 72.4 Å². The van der Waals surface area contributed by atoms with Crippen molar-refractivity contribution in [3.63, 3.8) is 0 Å². The van der Waals surface area contributed by atoms with Crippen molar-refractivity contribution in [2.24, 2.45) is 5.41 Å². The Balaban J connectivity index is 1.34. The fraction of sp³-hybridized carbons (Fsp3) is 0.300. The van der Waals surface area contributed by atoms with Crippen LogP contribution >= 0.6 is 0 Å². The largest absolute Gasteiger partial charge is 0.463 e. The fourth-order valence-corrected chi connectivity index (χ4v) is 5.32. The molecule has 14 heteroatoms. The number of esters is 2. The van der Waals surface area contributed by atoms with E-state index >= 15 is 0 Å². The van der Waals surface area contributed by atoms with Crippen molar-refractivity contribution in [2.75, 3.05) is 39.5 Å². The first-order valence-electron chi connectivity index (χ1n) is 17.2. The van der Waals surface area contributed by atoms with Crippen molar-refractivity contribution < 1.29 is 47.7 Å². The van der Waals surface area contributed by atoms with Crippen LogP contribution in [0.4, 0.5) is 0 Å². The van der Waals surface area contributed by atoms with Crippen molar-refractivity contribution in [3.05, 3.63) is 133 Å². The highest BCUT2D eigenvalue weighted by Crippen LogP contribution is 2.32. The van der Waals surface area contributed by atoms with E-state index in [4.69, 9.17) is 18.9 Å². The standard InChI is InChI=1S/C40H44N4O10/c1-3-33(45)43-31(20-28-14-8-5-9-15-28)37(49)41-22-35(47)51-24-40(26-53-39(54-27-40)30-18-12-7-13-19-30)25-52-36(48)23-42-38(50)32(44-34(46)4-2)21-29-16-10-6-11-17-29/h3-19,31-32,39H,1-2,20-27H2,(H,41,49)(H,42,50)(H,43,45)(H,44,46)/t31-,32-/m0/s1. The first-order valence-corrected chi connectivity index (χ1v) is 17.2. The molecule has 1 saturated heterocycles. The van der Waals surface area contributed by atoms with Crippen LogP contribution in [-0.4, -0.2) is 87.2 Å². The molecule has 14 nitrogen and oxygen atoms in total. The Labute approximate surface area is 313 Å². The summed E-state index contributed by atoms with van der Waals surface area (Å²) in [5.74, 6) is -3.93. The van der Waals surface area contributed by atoms with Gasteiger partial charge in [-0.1, -0.05) is 104 Å². The van der Waals surface area contributed by atoms with Crippen LogP contribution in [0.1, 0.15) is 23.0 Å². The minimum absolute atomic E-state index is 0.0364. The zero-order valence-electron chi connectivity index (χ0n) is 29.7. The van der Waals surface area contributed by atoms with Crippen LogP contribution < -0.4 is 21.3 Å². The van der Waals surface area contributed by atoms with Gasteiger partial charge in [0.2, 0.25) is 23.6 Å². The molecule has 0 aromatic heterocycles. The molecular formula is C40H44N4O10. The average Bonchev–Trinajstić information content (AvgIpc) is 3.21. The average molecular weight is 741 g/mol. The third-order valence-corrected chi connectivity index (χ3v) is 8.25. The number of amides is 4. The van der Waals surface area contributed by atoms with Gasteiger partial charge in [-0.2, -0.15) is 0 Å². The minimum Gasteiger partial charge on any atom is -0.463 e. The monoisotopic (exact) mass is 740 g/mol. The lowest BCUT2D eigenvalue weighted by Crippen LogP contribution is -2.50. The van der Waals surface area contributed by atoms with Gasteiger partial charge in [0.1, 0.15) is 38.4 Å². The molecule has 3 aromatic carbocycles. The highest BCUT2D eigenvalue weighted by molar-refractivity contribution is 5.94. The van der Waals surface area contributed by atoms with E-state index in [1.165, 1.54) is 0 Å². The summed E-state index contributed by atoms with van der Waals surface area (Å²) in [6.07, 6.45) is 1.71. The Morgan fingerprint density at radius 2 is 1.04 bits per heavy atom. The number of ether oxygens (including phenoxy) is 4. The summed E-state index contributed by atoms with van der Waals surface area (Å²) in [4.78, 5) is 75.8. The Morgan fingerprint density at radius 1 is 0.648 bits per heavy atom. The second-order valence-electron chi connectivity index (χ2n) is 12.5. The first-order chi connectivity index (χ1) is 26.1. The maximum absolute atomic E-state index is 13.0. The topological polar surface area (TPSA) is 187 Å². The highest BCUT2D eigenvalue weighted by atomic mass is 16.7. The molecular weight excluding hydrogens is 696 g/mol. The predicted molar refractivity (Wildman–Crippen MR) is 196 cm³/mol. The van der Waals surface area contributed by atoms with Crippen LogP contribution in [0.2, 0.25) is 0 Å². The number of hydrogen-bond acceptors (Lipinski definition) is 10. The Hall–Kier alpha value is -6.12. The first kappa shape index (κ1) is 40.6. The number of hydrogen-bond donors (Lipinski definition) is 4. The van der Waals surface area contributed by atoms with Crippen molar-refractivity contribution >= 4 is 35.6 Å². The molecule has 2 atom stereocenters. The summed E-state index contributed by atoms with van der Waals surface area (Å²) in [5, 5.41) is 10.1. The zero-order chi connectivity index (χ0) is 38.8. The van der Waals surface area contributed by atoms with Gasteiger partial charge < -0.3 is 40.2 Å². The maximum Gasteiger partial charge on any atom is 0.325 e. The summed E-state index contributed by atoms with van der Waals surface area (Å²) in [6.45, 7) is 5.12. The molecule has 1 aliphatic rings. The Bertz CT molecular complexity index is 1640. The SMILES string of the molecule is C=CC(=O)N[C@@H](Cc1ccccc1)C(=O)NCC(=O)OCC1(COC(=O)CNC(=O)[C@H](Cc2ccccc2)NC(=O)C=C)COC(c2ccccc2)OC1. The molecule has 0 spiro atoms. The summed E-state index contributed by atoms with van der Waals surface area (Å²) in [7, 11) is 0. The lowest BCUT2D eigenvalue weighted by atomic mass is 9.91. The van der Waals surface area contributed by atoms with E-state index in [9.17, 15) is 28.8 Å². The molecule has 54 heavy (non-hydrogen) atoms. The van der Waals surface area contributed by atoms with Crippen LogP contribution in [0, 0.1) is 5.41 Å². The third-order valence-electron chi connectivity index (χ3n) is 8.25. The van der Waals surface area contributed by atoms with Gasteiger partial charge in [0.25, 0.3) is 0 Å². The van der Waals surface area contributed by atoms with Gasteiger partial charge in [-0.15, -0.1) is 0 Å². The molecule has 1 aliphatic heterocycles. The van der Waals surface area contributed by atoms with Crippen LogP contribution in [0.3, 0.4) is 0 Å². The summed E-state index contributed by atoms with van der Waals surface area (Å²) in [5.41, 5.74) is 1.19. The molecule has 3 aromatic rings. The minimum atomic E-state index is -1.15. The molecule has 0 bridgehead atoms. The lowest BCUT2D eigenvalue weighted by Gasteiger charge is -2.39. The van der Waals surface area contributed by atoms with Gasteiger partial charge in [0, 0.05) is 18.4 Å². The number of rotatable bonds is 19. The van der Waals surface area contributed by atoms with E-state index in [2.05, 4.69) is 34.4 Å². The van der Waals surface area contributed by atoms with Gasteiger partial charge in [-0.3, -0.25) is 28.8 Å². The molecule has 4 N–H and O–H groups in total. The van der Waals surface area contributed by atoms with Gasteiger partial charge in [0.15, 0.2) is 6.29 Å². The Kier molecular flexibility index (Phi) is 15.7. The van der Waals surface area contributed by atoms with Crippen LogP contribution in [0.5, 0.6) is 0 Å². The van der Waals surface area contributed by atoms with Crippen molar-refractivity contribution in [2.45, 2.75) is 31.2 Å². The molecule has 0 aliphatic carbocycles. The summed E-state index contributed by atoms with van der Waals surface area (Å²) < 4.78 is 23.0. The van der Waals surface area contributed by atoms with E-state index in [0.717, 1.165) is 28.8 Å². The summed E-state index contributed by atoms with van der Waals surface area (Å²) >= 11 is 0. The number of carbonyl (C=O) groups is 6. The molecule has 284 valence electrons. The Morgan fingerprint density at radius 3 is 1.43 bits per heavy atom. The number of benzene rings is 3. The molecule has 4 amide bonds. The van der Waals surface area contributed by atoms with Crippen LogP contribution in [0.15, 0.2) is 116 Å². The second kappa shape index (κ2) is 20.8. The van der Waals surface area contributed by atoms with Crippen LogP contribution in [0.25, 0.3) is 0 Å². The van der Waals surface area contributed by atoms with Crippen molar-refractivity contribution in [1.82, 2.24) is 21.3 Å². The third kappa shape index (κ3) is 13.1. The van der Waals surface area contributed by atoms with Gasteiger partial charge in [-0.25, -0.2) is 0 Å². The van der Waals surface area contributed by atoms with Gasteiger partial charge in [0.05, 0.1) is 18.6 Å². The van der Waals surface area contributed by atoms with Crippen LogP contribution in [-0.2, 0) is 60.6 Å². The van der Waals surface area contributed by atoms with Gasteiger partial charge >= 0.3 is 11.9 Å². The van der Waals surface area contributed by atoms with E-state index in [1.54, 1.807) is 48.5 Å². The molecule has 1 fully saturated rings. The summed E-state index contributed by atoms with van der Waals surface area (Å²) in [6, 6.07) is 25.3. The van der Waals surface area contributed by atoms with E-state index in [-0.39, 0.29) is 39.3 Å². The molecule has 0 radical (unpaired) electrons. The molecule has 0 unspecified atom stereocenters. The van der Waals surface area contributed by atoms with E-state index in [0.29, 0.717) is 0 Å².